The number of anilines is 2. The van der Waals surface area contributed by atoms with Gasteiger partial charge in [-0.25, -0.2) is 0 Å². The number of methoxy groups -OCH3 is 1. The highest BCUT2D eigenvalue weighted by Crippen LogP contribution is 2.31. The quantitative estimate of drug-likeness (QED) is 0.774. The summed E-state index contributed by atoms with van der Waals surface area (Å²) in [5.74, 6) is 0.205. The summed E-state index contributed by atoms with van der Waals surface area (Å²) in [6.45, 7) is 1.98. The van der Waals surface area contributed by atoms with E-state index in [0.717, 1.165) is 27.9 Å². The number of fused-ring (bicyclic) bond motifs is 1. The van der Waals surface area contributed by atoms with Crippen LogP contribution in [-0.2, 0) is 0 Å². The Kier molecular flexibility index (Phi) is 3.85. The van der Waals surface area contributed by atoms with Crippen molar-refractivity contribution in [1.82, 2.24) is 4.98 Å². The monoisotopic (exact) mass is 307 g/mol. The van der Waals surface area contributed by atoms with Gasteiger partial charge in [0.05, 0.1) is 23.9 Å². The summed E-state index contributed by atoms with van der Waals surface area (Å²) in [4.78, 5) is 16.2. The molecule has 23 heavy (non-hydrogen) atoms. The van der Waals surface area contributed by atoms with Gasteiger partial charge in [0.25, 0.3) is 5.91 Å². The van der Waals surface area contributed by atoms with Gasteiger partial charge in [-0.05, 0) is 24.6 Å². The van der Waals surface area contributed by atoms with Crippen LogP contribution in [0.15, 0.2) is 48.7 Å². The Hall–Kier alpha value is -3.08. The van der Waals surface area contributed by atoms with Gasteiger partial charge in [-0.1, -0.05) is 24.3 Å². The van der Waals surface area contributed by atoms with E-state index in [1.165, 1.54) is 6.20 Å². The Morgan fingerprint density at radius 2 is 2.00 bits per heavy atom. The van der Waals surface area contributed by atoms with Crippen LogP contribution >= 0.6 is 0 Å². The maximum Gasteiger partial charge on any atom is 0.252 e. The third-order valence-corrected chi connectivity index (χ3v) is 3.70. The number of pyridine rings is 1. The summed E-state index contributed by atoms with van der Waals surface area (Å²) in [6, 6.07) is 13.3. The second-order valence-corrected chi connectivity index (χ2v) is 5.24. The standard InChI is InChI=1S/C18H17N3O2/c1-11-5-3-8-14-16(11)20-10-15(18(19)22)17(14)21-12-6-4-7-13(9-12)23-2/h3-10H,1-2H3,(H2,19,22)(H,20,21). The van der Waals surface area contributed by atoms with E-state index in [1.54, 1.807) is 7.11 Å². The number of benzene rings is 2. The van der Waals surface area contributed by atoms with E-state index in [2.05, 4.69) is 10.3 Å². The fourth-order valence-corrected chi connectivity index (χ4v) is 2.54. The number of primary amides is 1. The molecule has 3 N–H and O–H groups in total. The zero-order valence-electron chi connectivity index (χ0n) is 13.0. The molecule has 1 heterocycles. The van der Waals surface area contributed by atoms with E-state index in [-0.39, 0.29) is 0 Å². The lowest BCUT2D eigenvalue weighted by molar-refractivity contribution is 0.100. The third-order valence-electron chi connectivity index (χ3n) is 3.70. The van der Waals surface area contributed by atoms with Gasteiger partial charge < -0.3 is 15.8 Å². The molecule has 3 rings (SSSR count). The molecule has 0 aliphatic heterocycles. The van der Waals surface area contributed by atoms with Gasteiger partial charge in [0.1, 0.15) is 5.75 Å². The fraction of sp³-hybridized carbons (Fsp3) is 0.111. The summed E-state index contributed by atoms with van der Waals surface area (Å²) in [5, 5.41) is 4.13. The minimum Gasteiger partial charge on any atom is -0.497 e. The lowest BCUT2D eigenvalue weighted by atomic mass is 10.1. The highest BCUT2D eigenvalue weighted by atomic mass is 16.5. The average Bonchev–Trinajstić information content (AvgIpc) is 2.55. The molecule has 2 aromatic carbocycles. The predicted octanol–water partition coefficient (Wildman–Crippen LogP) is 3.39. The van der Waals surface area contributed by atoms with Crippen molar-refractivity contribution in [3.8, 4) is 5.75 Å². The number of aryl methyl sites for hydroxylation is 1. The molecule has 0 aliphatic carbocycles. The molecule has 0 spiro atoms. The molecule has 0 fully saturated rings. The van der Waals surface area contributed by atoms with Crippen LogP contribution in [0.3, 0.4) is 0 Å². The summed E-state index contributed by atoms with van der Waals surface area (Å²) >= 11 is 0. The first-order valence-electron chi connectivity index (χ1n) is 7.19. The lowest BCUT2D eigenvalue weighted by Crippen LogP contribution is -2.14. The zero-order valence-corrected chi connectivity index (χ0v) is 13.0. The number of rotatable bonds is 4. The normalized spacial score (nSPS) is 10.5. The molecular formula is C18H17N3O2. The molecule has 5 nitrogen and oxygen atoms in total. The second kappa shape index (κ2) is 5.96. The fourth-order valence-electron chi connectivity index (χ4n) is 2.54. The molecule has 0 saturated carbocycles. The Morgan fingerprint density at radius 1 is 1.22 bits per heavy atom. The van der Waals surface area contributed by atoms with Gasteiger partial charge >= 0.3 is 0 Å². The first-order valence-corrected chi connectivity index (χ1v) is 7.19. The van der Waals surface area contributed by atoms with E-state index in [9.17, 15) is 4.79 Å². The first kappa shape index (κ1) is 14.8. The van der Waals surface area contributed by atoms with Crippen molar-refractivity contribution >= 4 is 28.2 Å². The van der Waals surface area contributed by atoms with Crippen LogP contribution in [0.5, 0.6) is 5.75 Å². The van der Waals surface area contributed by atoms with Crippen LogP contribution in [0.25, 0.3) is 10.9 Å². The highest BCUT2D eigenvalue weighted by Gasteiger charge is 2.14. The van der Waals surface area contributed by atoms with Crippen molar-refractivity contribution in [2.24, 2.45) is 5.73 Å². The highest BCUT2D eigenvalue weighted by molar-refractivity contribution is 6.07. The molecule has 1 aromatic heterocycles. The maximum absolute atomic E-state index is 11.8. The smallest absolute Gasteiger partial charge is 0.252 e. The number of carbonyl (C=O) groups is 1. The van der Waals surface area contributed by atoms with Crippen molar-refractivity contribution in [2.75, 3.05) is 12.4 Å². The minimum absolute atomic E-state index is 0.353. The van der Waals surface area contributed by atoms with Crippen molar-refractivity contribution in [3.05, 3.63) is 59.8 Å². The van der Waals surface area contributed by atoms with E-state index in [1.807, 2.05) is 49.4 Å². The molecule has 0 atom stereocenters. The SMILES string of the molecule is COc1cccc(Nc2c(C(N)=O)cnc3c(C)cccc23)c1. The Labute approximate surface area is 134 Å². The molecule has 0 radical (unpaired) electrons. The second-order valence-electron chi connectivity index (χ2n) is 5.24. The predicted molar refractivity (Wildman–Crippen MR) is 91.3 cm³/mol. The van der Waals surface area contributed by atoms with Gasteiger partial charge in [-0.2, -0.15) is 0 Å². The topological polar surface area (TPSA) is 77.2 Å². The lowest BCUT2D eigenvalue weighted by Gasteiger charge is -2.14. The summed E-state index contributed by atoms with van der Waals surface area (Å²) in [6.07, 6.45) is 1.51. The molecule has 116 valence electrons. The molecule has 0 saturated heterocycles. The molecular weight excluding hydrogens is 290 g/mol. The van der Waals surface area contributed by atoms with Crippen LogP contribution < -0.4 is 15.8 Å². The van der Waals surface area contributed by atoms with Gasteiger partial charge in [0.15, 0.2) is 0 Å². The van der Waals surface area contributed by atoms with Crippen molar-refractivity contribution in [3.63, 3.8) is 0 Å². The van der Waals surface area contributed by atoms with Crippen LogP contribution in [0.1, 0.15) is 15.9 Å². The van der Waals surface area contributed by atoms with Crippen molar-refractivity contribution in [1.29, 1.82) is 0 Å². The number of aromatic nitrogens is 1. The largest absolute Gasteiger partial charge is 0.497 e. The summed E-state index contributed by atoms with van der Waals surface area (Å²) in [7, 11) is 1.61. The molecule has 0 aliphatic rings. The molecule has 5 heteroatoms. The average molecular weight is 307 g/mol. The van der Waals surface area contributed by atoms with Crippen molar-refractivity contribution < 1.29 is 9.53 Å². The minimum atomic E-state index is -0.522. The number of nitrogens with two attached hydrogens (primary N) is 1. The summed E-state index contributed by atoms with van der Waals surface area (Å²) < 4.78 is 5.23. The van der Waals surface area contributed by atoms with E-state index < -0.39 is 5.91 Å². The number of hydrogen-bond acceptors (Lipinski definition) is 4. The van der Waals surface area contributed by atoms with Crippen molar-refractivity contribution in [2.45, 2.75) is 6.92 Å². The molecule has 0 unspecified atom stereocenters. The number of nitrogens with one attached hydrogen (secondary N) is 1. The number of hydrogen-bond donors (Lipinski definition) is 2. The zero-order chi connectivity index (χ0) is 16.4. The van der Waals surface area contributed by atoms with E-state index in [4.69, 9.17) is 10.5 Å². The molecule has 3 aromatic rings. The Bertz CT molecular complexity index is 891. The van der Waals surface area contributed by atoms with Gasteiger partial charge in [-0.15, -0.1) is 0 Å². The summed E-state index contributed by atoms with van der Waals surface area (Å²) in [5.41, 5.74) is 9.19. The van der Waals surface area contributed by atoms with Gasteiger partial charge in [-0.3, -0.25) is 9.78 Å². The number of carbonyl (C=O) groups excluding carboxylic acids is 1. The van der Waals surface area contributed by atoms with Crippen LogP contribution in [0, 0.1) is 6.92 Å². The number of amides is 1. The van der Waals surface area contributed by atoms with Crippen LogP contribution in [0.2, 0.25) is 0 Å². The van der Waals surface area contributed by atoms with Crippen LogP contribution in [-0.4, -0.2) is 18.0 Å². The third kappa shape index (κ3) is 2.81. The van der Waals surface area contributed by atoms with Gasteiger partial charge in [0, 0.05) is 23.3 Å². The molecule has 1 amide bonds. The number of ether oxygens (including phenoxy) is 1. The van der Waals surface area contributed by atoms with E-state index in [0.29, 0.717) is 11.3 Å². The number of para-hydroxylation sites is 1. The van der Waals surface area contributed by atoms with E-state index >= 15 is 0 Å². The van der Waals surface area contributed by atoms with Crippen LogP contribution in [0.4, 0.5) is 11.4 Å². The van der Waals surface area contributed by atoms with Gasteiger partial charge in [0.2, 0.25) is 0 Å². The Balaban J connectivity index is 2.19. The molecule has 0 bridgehead atoms. The Morgan fingerprint density at radius 3 is 2.74 bits per heavy atom. The number of nitrogens with zero attached hydrogens (tertiary/aromatic N) is 1. The first-order chi connectivity index (χ1) is 11.1. The maximum atomic E-state index is 11.8.